The van der Waals surface area contributed by atoms with E-state index in [2.05, 4.69) is 15.1 Å². The molecular formula is C13H14N4O3S. The van der Waals surface area contributed by atoms with Gasteiger partial charge in [0, 0.05) is 18.1 Å². The Hall–Kier alpha value is -2.61. The van der Waals surface area contributed by atoms with Crippen molar-refractivity contribution in [3.8, 4) is 0 Å². The summed E-state index contributed by atoms with van der Waals surface area (Å²) in [5.41, 5.74) is 0.649. The summed E-state index contributed by atoms with van der Waals surface area (Å²) in [4.78, 5) is 17.8. The first-order chi connectivity index (χ1) is 9.92. The number of amides is 2. The molecule has 0 aliphatic carbocycles. The zero-order valence-electron chi connectivity index (χ0n) is 11.2. The predicted octanol–water partition coefficient (Wildman–Crippen LogP) is 1.12. The number of benzene rings is 1. The zero-order valence-corrected chi connectivity index (χ0v) is 12.0. The molecule has 0 aliphatic rings. The smallest absolute Gasteiger partial charge is 0.306 e. The highest BCUT2D eigenvalue weighted by molar-refractivity contribution is 7.91. The Morgan fingerprint density at radius 2 is 1.71 bits per heavy atom. The molecule has 0 radical (unpaired) electrons. The molecule has 21 heavy (non-hydrogen) atoms. The summed E-state index contributed by atoms with van der Waals surface area (Å²) in [5, 5.41) is 3.03. The lowest BCUT2D eigenvalue weighted by molar-refractivity contribution is 0.259. The topological polar surface area (TPSA) is 92.6 Å². The molecule has 0 bridgehead atoms. The van der Waals surface area contributed by atoms with Crippen LogP contribution in [0.15, 0.2) is 59.9 Å². The van der Waals surface area contributed by atoms with Gasteiger partial charge in [-0.3, -0.25) is 4.68 Å². The highest BCUT2D eigenvalue weighted by Gasteiger charge is 2.00. The van der Waals surface area contributed by atoms with Gasteiger partial charge < -0.3 is 5.32 Å². The molecule has 2 aromatic rings. The van der Waals surface area contributed by atoms with E-state index < -0.39 is 16.1 Å². The number of sulfonamides is 1. The molecule has 1 aromatic carbocycles. The lowest BCUT2D eigenvalue weighted by Gasteiger charge is -2.06. The number of carbonyl (C=O) groups excluding carboxylic acids is 1. The van der Waals surface area contributed by atoms with Gasteiger partial charge in [0.1, 0.15) is 0 Å². The molecule has 2 amide bonds. The number of para-hydroxylation sites is 1. The minimum absolute atomic E-state index is 0.412. The second kappa shape index (κ2) is 6.23. The van der Waals surface area contributed by atoms with Gasteiger partial charge in [-0.1, -0.05) is 18.2 Å². The Kier molecular flexibility index (Phi) is 4.39. The molecule has 0 fully saturated rings. The van der Waals surface area contributed by atoms with E-state index in [1.165, 1.54) is 29.2 Å². The van der Waals surface area contributed by atoms with E-state index in [-0.39, 0.29) is 0 Å². The van der Waals surface area contributed by atoms with Crippen molar-refractivity contribution < 1.29 is 13.2 Å². The maximum absolute atomic E-state index is 11.7. The van der Waals surface area contributed by atoms with Gasteiger partial charge in [-0.2, -0.15) is 4.99 Å². The third-order valence-electron chi connectivity index (χ3n) is 2.34. The quantitative estimate of drug-likeness (QED) is 0.890. The number of hydrogen-bond acceptors (Lipinski definition) is 3. The molecule has 7 nitrogen and oxygen atoms in total. The molecule has 1 aromatic heterocycles. The molecule has 0 saturated carbocycles. The fourth-order valence-corrected chi connectivity index (χ4v) is 2.04. The maximum atomic E-state index is 11.7. The van der Waals surface area contributed by atoms with E-state index in [0.29, 0.717) is 11.0 Å². The number of urea groups is 1. The summed E-state index contributed by atoms with van der Waals surface area (Å²) in [6, 6.07) is 11.5. The lowest BCUT2D eigenvalue weighted by Crippen LogP contribution is -2.22. The van der Waals surface area contributed by atoms with Gasteiger partial charge in [-0.15, -0.1) is 0 Å². The molecule has 0 unspecified atom stereocenters. The fourth-order valence-electron chi connectivity index (χ4n) is 1.54. The summed E-state index contributed by atoms with van der Waals surface area (Å²) in [6.45, 7) is 0. The van der Waals surface area contributed by atoms with Crippen LogP contribution in [-0.2, 0) is 10.0 Å². The Balaban J connectivity index is 2.09. The van der Waals surface area contributed by atoms with Crippen molar-refractivity contribution in [2.45, 2.75) is 0 Å². The largest absolute Gasteiger partial charge is 0.345 e. The third-order valence-corrected chi connectivity index (χ3v) is 2.88. The average molecular weight is 306 g/mol. The molecule has 0 atom stereocenters. The van der Waals surface area contributed by atoms with Crippen LogP contribution >= 0.6 is 0 Å². The van der Waals surface area contributed by atoms with Crippen molar-refractivity contribution in [2.24, 2.45) is 4.99 Å². The number of pyridine rings is 1. The van der Waals surface area contributed by atoms with Crippen LogP contribution in [0.5, 0.6) is 0 Å². The van der Waals surface area contributed by atoms with Crippen LogP contribution in [0, 0.1) is 0 Å². The molecule has 0 aliphatic heterocycles. The normalized spacial score (nSPS) is 10.7. The molecule has 1 heterocycles. The van der Waals surface area contributed by atoms with Crippen LogP contribution in [0.25, 0.3) is 0 Å². The van der Waals surface area contributed by atoms with Crippen LogP contribution in [-0.4, -0.2) is 25.4 Å². The van der Waals surface area contributed by atoms with Gasteiger partial charge in [0.25, 0.3) is 0 Å². The van der Waals surface area contributed by atoms with Crippen LogP contribution in [0.1, 0.15) is 0 Å². The van der Waals surface area contributed by atoms with Gasteiger partial charge in [0.2, 0.25) is 10.0 Å². The van der Waals surface area contributed by atoms with Crippen LogP contribution in [0.4, 0.5) is 10.5 Å². The second-order valence-corrected chi connectivity index (χ2v) is 5.96. The predicted molar refractivity (Wildman–Crippen MR) is 79.7 cm³/mol. The zero-order chi connectivity index (χ0) is 15.3. The van der Waals surface area contributed by atoms with Crippen LogP contribution in [0.3, 0.4) is 0 Å². The summed E-state index contributed by atoms with van der Waals surface area (Å²) in [5.74, 6) is 0. The first kappa shape index (κ1) is 14.8. The minimum atomic E-state index is -3.35. The standard InChI is InChI=1S/C13H14N4O3S/c1-21(19,20)16-17-9-7-12(8-10-17)15-13(18)14-11-5-3-2-4-6-11/h2-10,16H,1H3,(H,14,18). The minimum Gasteiger partial charge on any atom is -0.306 e. The highest BCUT2D eigenvalue weighted by Crippen LogP contribution is 2.04. The SMILES string of the molecule is CS(=O)(=O)Nn1ccc(=NC(=O)Nc2ccccc2)cc1. The van der Waals surface area contributed by atoms with Gasteiger partial charge in [0.15, 0.2) is 0 Å². The summed E-state index contributed by atoms with van der Waals surface area (Å²) >= 11 is 0. The second-order valence-electron chi connectivity index (χ2n) is 4.24. The van der Waals surface area contributed by atoms with Crippen molar-refractivity contribution in [3.05, 3.63) is 60.2 Å². The van der Waals surface area contributed by atoms with Crippen LogP contribution < -0.4 is 15.5 Å². The Bertz CT molecular complexity index is 777. The number of hydrogen-bond donors (Lipinski definition) is 2. The Labute approximate surface area is 122 Å². The highest BCUT2D eigenvalue weighted by atomic mass is 32.2. The molecule has 2 N–H and O–H groups in total. The van der Waals surface area contributed by atoms with E-state index in [4.69, 9.17) is 0 Å². The van der Waals surface area contributed by atoms with Gasteiger partial charge in [0.05, 0.1) is 11.6 Å². The first-order valence-corrected chi connectivity index (χ1v) is 7.88. The molecular weight excluding hydrogens is 292 g/mol. The van der Waals surface area contributed by atoms with E-state index in [9.17, 15) is 13.2 Å². The number of aromatic nitrogens is 1. The number of nitrogens with zero attached hydrogens (tertiary/aromatic N) is 2. The van der Waals surface area contributed by atoms with Gasteiger partial charge in [-0.25, -0.2) is 18.0 Å². The lowest BCUT2D eigenvalue weighted by atomic mass is 10.3. The van der Waals surface area contributed by atoms with Crippen molar-refractivity contribution in [2.75, 3.05) is 16.4 Å². The molecule has 8 heteroatoms. The monoisotopic (exact) mass is 306 g/mol. The maximum Gasteiger partial charge on any atom is 0.345 e. The number of rotatable bonds is 3. The number of anilines is 1. The summed E-state index contributed by atoms with van der Waals surface area (Å²) in [6.07, 6.45) is 3.96. The van der Waals surface area contributed by atoms with Crippen molar-refractivity contribution in [3.63, 3.8) is 0 Å². The Morgan fingerprint density at radius 3 is 2.29 bits per heavy atom. The molecule has 0 spiro atoms. The average Bonchev–Trinajstić information content (AvgIpc) is 2.40. The summed E-state index contributed by atoms with van der Waals surface area (Å²) < 4.78 is 23.3. The molecule has 2 rings (SSSR count). The Morgan fingerprint density at radius 1 is 1.10 bits per heavy atom. The van der Waals surface area contributed by atoms with Crippen molar-refractivity contribution in [1.82, 2.24) is 4.68 Å². The van der Waals surface area contributed by atoms with E-state index in [0.717, 1.165) is 6.26 Å². The van der Waals surface area contributed by atoms with Gasteiger partial charge >= 0.3 is 6.03 Å². The fraction of sp³-hybridized carbons (Fsp3) is 0.0769. The third kappa shape index (κ3) is 5.11. The molecule has 110 valence electrons. The van der Waals surface area contributed by atoms with Crippen LogP contribution in [0.2, 0.25) is 0 Å². The molecule has 0 saturated heterocycles. The van der Waals surface area contributed by atoms with Gasteiger partial charge in [-0.05, 0) is 24.3 Å². The summed E-state index contributed by atoms with van der Waals surface area (Å²) in [7, 11) is -3.35. The van der Waals surface area contributed by atoms with Crippen molar-refractivity contribution >= 4 is 21.7 Å². The number of nitrogens with one attached hydrogen (secondary N) is 2. The first-order valence-electron chi connectivity index (χ1n) is 5.99. The van der Waals surface area contributed by atoms with E-state index >= 15 is 0 Å². The van der Waals surface area contributed by atoms with E-state index in [1.807, 2.05) is 6.07 Å². The van der Waals surface area contributed by atoms with E-state index in [1.54, 1.807) is 24.3 Å². The van der Waals surface area contributed by atoms with Crippen molar-refractivity contribution in [1.29, 1.82) is 0 Å². The number of carbonyl (C=O) groups is 1.